The Morgan fingerprint density at radius 2 is 1.55 bits per heavy atom. The van der Waals surface area contributed by atoms with Crippen molar-refractivity contribution in [1.82, 2.24) is 25.1 Å². The molecule has 8 rings (SSSR count). The van der Waals surface area contributed by atoms with E-state index >= 15 is 0 Å². The quantitative estimate of drug-likeness (QED) is 0.118. The van der Waals surface area contributed by atoms with E-state index in [0.29, 0.717) is 27.2 Å². The number of imide groups is 1. The SMILES string of the molecule is O=C1c2c(c3c4ccc(O)cc4n(O[C@@H]4O[C@H](CO)[C@@H](O)[C@H](O)[C@H]4O)c3c3[nH]c4cc(O)ccc4c23)C(=O)N1NCc1ccncc1. The summed E-state index contributed by atoms with van der Waals surface area (Å²) < 4.78 is 6.85. The van der Waals surface area contributed by atoms with E-state index in [9.17, 15) is 40.2 Å². The Balaban J connectivity index is 1.40. The monoisotopic (exact) mass is 641 g/mol. The Kier molecular flexibility index (Phi) is 6.59. The molecule has 15 heteroatoms. The summed E-state index contributed by atoms with van der Waals surface area (Å²) in [6.07, 6.45) is -4.90. The molecule has 2 amide bonds. The number of nitrogens with zero attached hydrogens (tertiary/aromatic N) is 3. The number of benzene rings is 3. The zero-order valence-corrected chi connectivity index (χ0v) is 24.2. The molecule has 240 valence electrons. The number of hydrogen-bond acceptors (Lipinski definition) is 12. The lowest BCUT2D eigenvalue weighted by Crippen LogP contribution is -2.61. The van der Waals surface area contributed by atoms with E-state index in [1.807, 2.05) is 0 Å². The second-order valence-corrected chi connectivity index (χ2v) is 11.5. The van der Waals surface area contributed by atoms with Gasteiger partial charge in [-0.25, -0.2) is 10.4 Å². The normalized spacial score (nSPS) is 23.1. The number of carbonyl (C=O) groups excluding carboxylic acids is 2. The Hall–Kier alpha value is -5.29. The standard InChI is InChI=1S/C32H27N5O10/c38-12-20-27(41)28(42)29(43)32(46-20)47-37-19-10-15(40)2-4-17(19)22-24-23(21-16-3-1-14(39)9-18(16)35-25(21)26(22)37)30(44)36(31(24)45)34-11-13-5-7-33-8-6-13/h1-10,20,27-29,32,34-35,38-43H,11-12H2/t20-,27-,28+,29-,32+/m1/s1. The molecular weight excluding hydrogens is 614 g/mol. The highest BCUT2D eigenvalue weighted by Gasteiger charge is 2.46. The fourth-order valence-electron chi connectivity index (χ4n) is 6.53. The number of hydrazine groups is 1. The molecular formula is C32H27N5O10. The fraction of sp³-hybridized carbons (Fsp3) is 0.219. The van der Waals surface area contributed by atoms with Gasteiger partial charge in [0.25, 0.3) is 18.1 Å². The molecule has 6 aromatic rings. The third kappa shape index (κ3) is 4.26. The van der Waals surface area contributed by atoms with Crippen LogP contribution in [-0.4, -0.2) is 99.5 Å². The maximum Gasteiger partial charge on any atom is 0.276 e. The molecule has 1 saturated heterocycles. The number of fused-ring (bicyclic) bond motifs is 10. The maximum absolute atomic E-state index is 14.2. The van der Waals surface area contributed by atoms with E-state index < -0.39 is 49.1 Å². The lowest BCUT2D eigenvalue weighted by Gasteiger charge is -2.39. The van der Waals surface area contributed by atoms with E-state index in [1.165, 1.54) is 29.0 Å². The van der Waals surface area contributed by atoms with Crippen molar-refractivity contribution in [3.8, 4) is 11.5 Å². The lowest BCUT2D eigenvalue weighted by molar-refractivity contribution is -0.298. The van der Waals surface area contributed by atoms with Gasteiger partial charge < -0.3 is 45.2 Å². The van der Waals surface area contributed by atoms with Gasteiger partial charge in [0.15, 0.2) is 0 Å². The summed E-state index contributed by atoms with van der Waals surface area (Å²) in [7, 11) is 0. The van der Waals surface area contributed by atoms with Gasteiger partial charge in [-0.2, -0.15) is 4.73 Å². The predicted octanol–water partition coefficient (Wildman–Crippen LogP) is 0.765. The van der Waals surface area contributed by atoms with Crippen LogP contribution in [0.4, 0.5) is 0 Å². The zero-order valence-electron chi connectivity index (χ0n) is 24.2. The number of ether oxygens (including phenoxy) is 1. The van der Waals surface area contributed by atoms with Gasteiger partial charge in [-0.05, 0) is 42.0 Å². The number of phenolic OH excluding ortho intramolecular Hbond substituents is 2. The van der Waals surface area contributed by atoms with E-state index in [4.69, 9.17) is 9.57 Å². The van der Waals surface area contributed by atoms with Crippen LogP contribution in [0.15, 0.2) is 60.9 Å². The molecule has 47 heavy (non-hydrogen) atoms. The average molecular weight is 642 g/mol. The topological polar surface area (TPSA) is 223 Å². The Morgan fingerprint density at radius 3 is 2.28 bits per heavy atom. The van der Waals surface area contributed by atoms with Crippen LogP contribution in [0.25, 0.3) is 43.6 Å². The van der Waals surface area contributed by atoms with Gasteiger partial charge in [-0.3, -0.25) is 14.6 Å². The third-order valence-corrected chi connectivity index (χ3v) is 8.76. The number of nitrogens with one attached hydrogen (secondary N) is 2. The minimum atomic E-state index is -1.78. The molecule has 3 aromatic carbocycles. The molecule has 8 N–H and O–H groups in total. The highest BCUT2D eigenvalue weighted by atomic mass is 16.8. The van der Waals surface area contributed by atoms with Crippen molar-refractivity contribution in [3.05, 3.63) is 77.6 Å². The number of carbonyl (C=O) groups is 2. The number of pyridine rings is 1. The second kappa shape index (κ2) is 10.6. The van der Waals surface area contributed by atoms with Crippen LogP contribution >= 0.6 is 0 Å². The van der Waals surface area contributed by atoms with E-state index in [-0.39, 0.29) is 45.6 Å². The maximum atomic E-state index is 14.2. The summed E-state index contributed by atoms with van der Waals surface area (Å²) in [5.74, 6) is -1.49. The Labute approximate surface area is 263 Å². The first kappa shape index (κ1) is 29.1. The molecule has 0 radical (unpaired) electrons. The van der Waals surface area contributed by atoms with E-state index in [1.54, 1.807) is 36.7 Å². The van der Waals surface area contributed by atoms with Crippen LogP contribution in [0.3, 0.4) is 0 Å². The highest BCUT2D eigenvalue weighted by molar-refractivity contribution is 6.39. The van der Waals surface area contributed by atoms with Gasteiger partial charge in [-0.15, -0.1) is 0 Å². The van der Waals surface area contributed by atoms with Crippen LogP contribution < -0.4 is 10.3 Å². The highest BCUT2D eigenvalue weighted by Crippen LogP contribution is 2.45. The molecule has 3 aromatic heterocycles. The number of hydrogen-bond donors (Lipinski definition) is 8. The fourth-order valence-corrected chi connectivity index (χ4v) is 6.53. The van der Waals surface area contributed by atoms with Gasteiger partial charge in [0, 0.05) is 52.6 Å². The summed E-state index contributed by atoms with van der Waals surface area (Å²) in [5, 5.41) is 64.7. The number of aromatic nitrogens is 3. The van der Waals surface area contributed by atoms with Crippen molar-refractivity contribution < 1.29 is 49.8 Å². The van der Waals surface area contributed by atoms with Gasteiger partial charge in [-0.1, -0.05) is 0 Å². The van der Waals surface area contributed by atoms with Gasteiger partial charge >= 0.3 is 0 Å². The van der Waals surface area contributed by atoms with Crippen molar-refractivity contribution in [2.45, 2.75) is 37.3 Å². The van der Waals surface area contributed by atoms with Crippen LogP contribution in [-0.2, 0) is 11.3 Å². The molecule has 15 nitrogen and oxygen atoms in total. The first-order valence-corrected chi connectivity index (χ1v) is 14.6. The molecule has 0 unspecified atom stereocenters. The predicted molar refractivity (Wildman–Crippen MR) is 164 cm³/mol. The number of aliphatic hydroxyl groups is 4. The van der Waals surface area contributed by atoms with Crippen molar-refractivity contribution in [2.24, 2.45) is 0 Å². The summed E-state index contributed by atoms with van der Waals surface area (Å²) in [4.78, 5) is 41.8. The summed E-state index contributed by atoms with van der Waals surface area (Å²) >= 11 is 0. The summed E-state index contributed by atoms with van der Waals surface area (Å²) in [6, 6.07) is 12.3. The van der Waals surface area contributed by atoms with Crippen LogP contribution in [0.5, 0.6) is 11.5 Å². The molecule has 5 atom stereocenters. The second-order valence-electron chi connectivity index (χ2n) is 11.5. The number of aromatic hydroxyl groups is 2. The molecule has 0 aliphatic carbocycles. The average Bonchev–Trinajstić information content (AvgIpc) is 3.67. The number of phenols is 2. The van der Waals surface area contributed by atoms with Gasteiger partial charge in [0.05, 0.1) is 34.3 Å². The molecule has 0 saturated carbocycles. The number of aromatic amines is 1. The molecule has 2 aliphatic rings. The molecule has 1 fully saturated rings. The smallest absolute Gasteiger partial charge is 0.276 e. The van der Waals surface area contributed by atoms with Crippen LogP contribution in [0, 0.1) is 0 Å². The Morgan fingerprint density at radius 1 is 0.872 bits per heavy atom. The number of aliphatic hydroxyl groups excluding tert-OH is 4. The minimum absolute atomic E-state index is 0.0422. The summed E-state index contributed by atoms with van der Waals surface area (Å²) in [5.41, 5.74) is 5.01. The van der Waals surface area contributed by atoms with Crippen molar-refractivity contribution in [1.29, 1.82) is 0 Å². The molecule has 0 spiro atoms. The zero-order chi connectivity index (χ0) is 32.7. The Bertz CT molecular complexity index is 2250. The number of H-pyrrole nitrogens is 1. The summed E-state index contributed by atoms with van der Waals surface area (Å²) in [6.45, 7) is -0.557. The van der Waals surface area contributed by atoms with Crippen molar-refractivity contribution in [2.75, 3.05) is 6.61 Å². The van der Waals surface area contributed by atoms with E-state index in [0.717, 1.165) is 10.6 Å². The minimum Gasteiger partial charge on any atom is -0.508 e. The van der Waals surface area contributed by atoms with Crippen molar-refractivity contribution >= 4 is 55.4 Å². The largest absolute Gasteiger partial charge is 0.508 e. The van der Waals surface area contributed by atoms with Gasteiger partial charge in [0.1, 0.15) is 41.4 Å². The van der Waals surface area contributed by atoms with Crippen LogP contribution in [0.1, 0.15) is 26.3 Å². The number of rotatable bonds is 6. The third-order valence-electron chi connectivity index (χ3n) is 8.76. The molecule has 2 aliphatic heterocycles. The first-order chi connectivity index (χ1) is 22.7. The van der Waals surface area contributed by atoms with Crippen LogP contribution in [0.2, 0.25) is 0 Å². The molecule has 5 heterocycles. The van der Waals surface area contributed by atoms with E-state index in [2.05, 4.69) is 15.4 Å². The van der Waals surface area contributed by atoms with Gasteiger partial charge in [0.2, 0.25) is 0 Å². The molecule has 0 bridgehead atoms. The van der Waals surface area contributed by atoms with Crippen molar-refractivity contribution in [3.63, 3.8) is 0 Å². The lowest BCUT2D eigenvalue weighted by atomic mass is 9.96. The first-order valence-electron chi connectivity index (χ1n) is 14.6. The number of amides is 2.